The lowest BCUT2D eigenvalue weighted by Crippen LogP contribution is -2.69. The second-order valence-corrected chi connectivity index (χ2v) is 15.7. The topological polar surface area (TPSA) is 162 Å². The van der Waals surface area contributed by atoms with Gasteiger partial charge in [0.1, 0.15) is 29.9 Å². The third-order valence-corrected chi connectivity index (χ3v) is 12.2. The molecule has 14 heteroatoms. The molecular formula is C44H53N3O10S. The predicted octanol–water partition coefficient (Wildman–Crippen LogP) is 8.64. The van der Waals surface area contributed by atoms with E-state index in [4.69, 9.17) is 28.9 Å². The fourth-order valence-corrected chi connectivity index (χ4v) is 9.15. The molecule has 1 aliphatic heterocycles. The number of hydrogen-bond donors (Lipinski definition) is 2. The van der Waals surface area contributed by atoms with Crippen molar-refractivity contribution in [3.63, 3.8) is 0 Å². The third kappa shape index (κ3) is 9.20. The summed E-state index contributed by atoms with van der Waals surface area (Å²) in [6.45, 7) is 4.30. The Kier molecular flexibility index (Phi) is 14.5. The Morgan fingerprint density at radius 3 is 2.41 bits per heavy atom. The standard InChI is InChI=1S/C44H53N3O10S/c1-5-24-54-44-40(46(2)43(50)53-3)27-38(45-55-28-29-12-14-31(15-13-29)47(51)52)36-25-30(10-6-8-22-48)35(11-7-9-23-49)41(42(36)44)37-26-33(18-21-39(37)57-44)56-32-16-19-34(58-4)20-17-32/h5,12-21,25-26,30,35,40-42,48-49H,1,6-11,22-24,27-28H2,2-4H3. The van der Waals surface area contributed by atoms with Crippen molar-refractivity contribution in [3.05, 3.63) is 112 Å². The van der Waals surface area contributed by atoms with Crippen molar-refractivity contribution >= 4 is 29.3 Å². The summed E-state index contributed by atoms with van der Waals surface area (Å²) < 4.78 is 25.7. The molecule has 3 aromatic rings. The number of non-ortho nitro benzene ring substituents is 1. The number of oxime groups is 1. The molecule has 0 spiro atoms. The van der Waals surface area contributed by atoms with Crippen LogP contribution in [0.2, 0.25) is 0 Å². The van der Waals surface area contributed by atoms with Crippen LogP contribution >= 0.6 is 11.8 Å². The first kappa shape index (κ1) is 42.7. The molecule has 0 saturated heterocycles. The molecule has 2 aliphatic carbocycles. The Labute approximate surface area is 343 Å². The van der Waals surface area contributed by atoms with Gasteiger partial charge in [-0.25, -0.2) is 4.79 Å². The highest BCUT2D eigenvalue weighted by Gasteiger charge is 2.65. The SMILES string of the molecule is C=CCOC12Oc3ccc(Oc4ccc(SC)cc4)cc3C3C(CCCCO)C(CCCCO)C=C(C(=NOCc4ccc([N+](=O)[O-])cc4)CC1N(C)C(=O)OC)C32. The van der Waals surface area contributed by atoms with Crippen molar-refractivity contribution < 1.29 is 43.7 Å². The van der Waals surface area contributed by atoms with Crippen LogP contribution in [0.1, 0.15) is 62.0 Å². The van der Waals surface area contributed by atoms with Crippen molar-refractivity contribution in [3.8, 4) is 17.2 Å². The lowest BCUT2D eigenvalue weighted by molar-refractivity contribution is -0.384. The zero-order chi connectivity index (χ0) is 41.2. The fourth-order valence-electron chi connectivity index (χ4n) is 8.74. The lowest BCUT2D eigenvalue weighted by Gasteiger charge is -2.59. The second kappa shape index (κ2) is 19.7. The molecule has 0 bridgehead atoms. The first-order valence-corrected chi connectivity index (χ1v) is 21.0. The first-order valence-electron chi connectivity index (χ1n) is 19.7. The molecule has 6 unspecified atom stereocenters. The number of carbonyl (C=O) groups is 1. The zero-order valence-corrected chi connectivity index (χ0v) is 34.1. The number of rotatable bonds is 19. The molecule has 13 nitrogen and oxygen atoms in total. The number of unbranched alkanes of at least 4 members (excludes halogenated alkanes) is 2. The van der Waals surface area contributed by atoms with E-state index in [0.29, 0.717) is 41.4 Å². The van der Waals surface area contributed by atoms with Crippen molar-refractivity contribution in [1.82, 2.24) is 4.90 Å². The number of benzene rings is 3. The Balaban J connectivity index is 1.52. The van der Waals surface area contributed by atoms with Crippen LogP contribution in [0, 0.1) is 27.9 Å². The van der Waals surface area contributed by atoms with Gasteiger partial charge in [0.05, 0.1) is 30.3 Å². The van der Waals surface area contributed by atoms with E-state index in [1.54, 1.807) is 37.0 Å². The molecule has 1 saturated carbocycles. The van der Waals surface area contributed by atoms with E-state index < -0.39 is 28.8 Å². The van der Waals surface area contributed by atoms with Gasteiger partial charge < -0.3 is 38.9 Å². The summed E-state index contributed by atoms with van der Waals surface area (Å²) in [5.41, 5.74) is 3.10. The molecule has 2 N–H and O–H groups in total. The van der Waals surface area contributed by atoms with Gasteiger partial charge >= 0.3 is 6.09 Å². The summed E-state index contributed by atoms with van der Waals surface area (Å²) in [5, 5.41) is 35.7. The zero-order valence-electron chi connectivity index (χ0n) is 33.3. The summed E-state index contributed by atoms with van der Waals surface area (Å²) in [6.07, 6.45) is 10.0. The minimum absolute atomic E-state index is 0.0225. The molecule has 310 valence electrons. The molecule has 1 fully saturated rings. The molecule has 58 heavy (non-hydrogen) atoms. The highest BCUT2D eigenvalue weighted by molar-refractivity contribution is 7.98. The van der Waals surface area contributed by atoms with Crippen LogP contribution in [0.15, 0.2) is 101 Å². The number of allylic oxidation sites excluding steroid dienone is 1. The number of ether oxygens (including phenoxy) is 4. The van der Waals surface area contributed by atoms with Gasteiger partial charge in [0, 0.05) is 55.2 Å². The number of nitro groups is 1. The van der Waals surface area contributed by atoms with Gasteiger partial charge in [-0.1, -0.05) is 30.1 Å². The minimum Gasteiger partial charge on any atom is -0.459 e. The number of nitro benzene ring substituents is 1. The maximum atomic E-state index is 13.4. The highest BCUT2D eigenvalue weighted by atomic mass is 32.2. The number of thioether (sulfide) groups is 1. The van der Waals surface area contributed by atoms with Gasteiger partial charge in [-0.15, -0.1) is 18.3 Å². The second-order valence-electron chi connectivity index (χ2n) is 14.8. The van der Waals surface area contributed by atoms with Crippen LogP contribution in [-0.2, 0) is 20.9 Å². The van der Waals surface area contributed by atoms with Gasteiger partial charge in [-0.05, 0) is 110 Å². The Hall–Kier alpha value is -4.89. The fraction of sp³-hybridized carbons (Fsp3) is 0.455. The maximum absolute atomic E-state index is 13.4. The minimum atomic E-state index is -1.42. The highest BCUT2D eigenvalue weighted by Crippen LogP contribution is 2.62. The Morgan fingerprint density at radius 1 is 1.05 bits per heavy atom. The monoisotopic (exact) mass is 815 g/mol. The Bertz CT molecular complexity index is 1960. The quantitative estimate of drug-likeness (QED) is 0.0392. The van der Waals surface area contributed by atoms with Gasteiger partial charge in [-0.2, -0.15) is 0 Å². The van der Waals surface area contributed by atoms with E-state index in [1.165, 1.54) is 24.1 Å². The molecule has 1 heterocycles. The number of likely N-dealkylation sites (N-methyl/N-ethyl adjacent to an activating group) is 1. The average Bonchev–Trinajstić information content (AvgIpc) is 3.24. The van der Waals surface area contributed by atoms with Crippen LogP contribution in [0.3, 0.4) is 0 Å². The van der Waals surface area contributed by atoms with E-state index in [2.05, 4.69) is 12.7 Å². The van der Waals surface area contributed by atoms with Crippen LogP contribution in [0.4, 0.5) is 10.5 Å². The predicted molar refractivity (Wildman–Crippen MR) is 221 cm³/mol. The molecule has 0 radical (unpaired) electrons. The van der Waals surface area contributed by atoms with E-state index in [1.807, 2.05) is 48.7 Å². The number of carbonyl (C=O) groups excluding carboxylic acids is 1. The van der Waals surface area contributed by atoms with Crippen molar-refractivity contribution in [1.29, 1.82) is 0 Å². The smallest absolute Gasteiger partial charge is 0.409 e. The number of aliphatic hydroxyl groups is 2. The Morgan fingerprint density at radius 2 is 1.76 bits per heavy atom. The number of fused-ring (bicyclic) bond motifs is 2. The van der Waals surface area contributed by atoms with Crippen molar-refractivity contribution in [2.24, 2.45) is 22.9 Å². The normalized spacial score (nSPS) is 23.8. The van der Waals surface area contributed by atoms with E-state index in [0.717, 1.165) is 41.7 Å². The van der Waals surface area contributed by atoms with Crippen LogP contribution in [0.5, 0.6) is 17.2 Å². The summed E-state index contributed by atoms with van der Waals surface area (Å²) in [5.74, 6) is -0.132. The molecule has 6 rings (SSSR count). The maximum Gasteiger partial charge on any atom is 0.409 e. The van der Waals surface area contributed by atoms with Crippen LogP contribution < -0.4 is 9.47 Å². The molecule has 3 aromatic carbocycles. The van der Waals surface area contributed by atoms with E-state index in [-0.39, 0.29) is 56.3 Å². The molecule has 6 atom stereocenters. The van der Waals surface area contributed by atoms with Gasteiger partial charge in [0.25, 0.3) is 5.69 Å². The molecular weight excluding hydrogens is 763 g/mol. The van der Waals surface area contributed by atoms with Gasteiger partial charge in [0.15, 0.2) is 0 Å². The third-order valence-electron chi connectivity index (χ3n) is 11.4. The summed E-state index contributed by atoms with van der Waals surface area (Å²) in [6, 6.07) is 19.1. The largest absolute Gasteiger partial charge is 0.459 e. The van der Waals surface area contributed by atoms with E-state index in [9.17, 15) is 25.1 Å². The number of aliphatic hydroxyl groups excluding tert-OH is 2. The number of amides is 1. The lowest BCUT2D eigenvalue weighted by atomic mass is 9.55. The summed E-state index contributed by atoms with van der Waals surface area (Å²) in [7, 11) is 2.99. The van der Waals surface area contributed by atoms with E-state index >= 15 is 0 Å². The van der Waals surface area contributed by atoms with Gasteiger partial charge in [0.2, 0.25) is 5.79 Å². The van der Waals surface area contributed by atoms with Crippen LogP contribution in [-0.4, -0.2) is 83.9 Å². The molecule has 3 aliphatic rings. The van der Waals surface area contributed by atoms with Crippen molar-refractivity contribution in [2.45, 2.75) is 74.2 Å². The number of hydrogen-bond acceptors (Lipinski definition) is 12. The van der Waals surface area contributed by atoms with Gasteiger partial charge in [-0.3, -0.25) is 10.1 Å². The summed E-state index contributed by atoms with van der Waals surface area (Å²) >= 11 is 1.66. The molecule has 0 aromatic heterocycles. The van der Waals surface area contributed by atoms with Crippen LogP contribution in [0.25, 0.3) is 0 Å². The first-order chi connectivity index (χ1) is 28.2. The number of nitrogens with zero attached hydrogens (tertiary/aromatic N) is 3. The average molecular weight is 816 g/mol. The number of methoxy groups -OCH3 is 1. The van der Waals surface area contributed by atoms with Crippen molar-refractivity contribution in [2.75, 3.05) is 40.2 Å². The summed E-state index contributed by atoms with van der Waals surface area (Å²) in [4.78, 5) is 32.9. The molecule has 1 amide bonds.